The largest absolute Gasteiger partial charge is 0.324 e. The third-order valence-electron chi connectivity index (χ3n) is 6.45. The normalized spacial score (nSPS) is 16.2. The van der Waals surface area contributed by atoms with E-state index in [4.69, 9.17) is 39.8 Å². The van der Waals surface area contributed by atoms with Gasteiger partial charge < -0.3 is 10.2 Å². The Labute approximate surface area is 226 Å². The minimum absolute atomic E-state index is 0.0690. The SMILES string of the molecule is CC[C@@H](C)[C@@H]1N=C(c2ccccc2Cl)c2cc(Cl)ccc2N(CC(=O)Nc2cccc(Cl)c2C)C1=O. The highest BCUT2D eigenvalue weighted by molar-refractivity contribution is 6.37. The summed E-state index contributed by atoms with van der Waals surface area (Å²) >= 11 is 19.2. The molecule has 3 aromatic carbocycles. The first-order chi connectivity index (χ1) is 17.2. The van der Waals surface area contributed by atoms with Crippen molar-refractivity contribution in [2.45, 2.75) is 33.2 Å². The van der Waals surface area contributed by atoms with Crippen molar-refractivity contribution in [3.05, 3.63) is 92.4 Å². The Morgan fingerprint density at radius 2 is 1.75 bits per heavy atom. The number of rotatable bonds is 6. The van der Waals surface area contributed by atoms with E-state index >= 15 is 0 Å². The average Bonchev–Trinajstić information content (AvgIpc) is 2.96. The van der Waals surface area contributed by atoms with Gasteiger partial charge in [0.2, 0.25) is 5.91 Å². The molecule has 0 aromatic heterocycles. The molecule has 0 saturated heterocycles. The fourth-order valence-corrected chi connectivity index (χ4v) is 4.75. The predicted molar refractivity (Wildman–Crippen MR) is 149 cm³/mol. The van der Waals surface area contributed by atoms with Crippen molar-refractivity contribution in [1.82, 2.24) is 0 Å². The second-order valence-electron chi connectivity index (χ2n) is 8.83. The zero-order valence-electron chi connectivity index (χ0n) is 20.2. The summed E-state index contributed by atoms with van der Waals surface area (Å²) in [4.78, 5) is 33.5. The molecule has 0 saturated carbocycles. The number of benzodiazepines with no additional fused rings is 1. The predicted octanol–water partition coefficient (Wildman–Crippen LogP) is 7.19. The van der Waals surface area contributed by atoms with Crippen LogP contribution in [0.15, 0.2) is 65.7 Å². The molecule has 36 heavy (non-hydrogen) atoms. The Balaban J connectivity index is 1.81. The number of carbonyl (C=O) groups is 2. The van der Waals surface area contributed by atoms with Crippen LogP contribution >= 0.6 is 34.8 Å². The van der Waals surface area contributed by atoms with Crippen molar-refractivity contribution in [1.29, 1.82) is 0 Å². The molecule has 8 heteroatoms. The van der Waals surface area contributed by atoms with Crippen LogP contribution in [0.5, 0.6) is 0 Å². The summed E-state index contributed by atoms with van der Waals surface area (Å²) in [7, 11) is 0. The van der Waals surface area contributed by atoms with E-state index in [-0.39, 0.29) is 24.3 Å². The molecule has 0 unspecified atom stereocenters. The molecule has 1 N–H and O–H groups in total. The molecule has 4 rings (SSSR count). The Bertz CT molecular complexity index is 1360. The van der Waals surface area contributed by atoms with Gasteiger partial charge in [0.1, 0.15) is 12.6 Å². The lowest BCUT2D eigenvalue weighted by Gasteiger charge is -2.27. The maximum absolute atomic E-state index is 13.9. The number of amides is 2. The van der Waals surface area contributed by atoms with Crippen molar-refractivity contribution in [3.8, 4) is 0 Å². The van der Waals surface area contributed by atoms with Crippen LogP contribution in [-0.4, -0.2) is 30.1 Å². The van der Waals surface area contributed by atoms with E-state index in [9.17, 15) is 9.59 Å². The highest BCUT2D eigenvalue weighted by Gasteiger charge is 2.36. The molecule has 2 amide bonds. The Kier molecular flexibility index (Phi) is 8.04. The summed E-state index contributed by atoms with van der Waals surface area (Å²) in [5.41, 5.74) is 3.81. The van der Waals surface area contributed by atoms with Crippen LogP contribution in [0.4, 0.5) is 11.4 Å². The topological polar surface area (TPSA) is 61.8 Å². The summed E-state index contributed by atoms with van der Waals surface area (Å²) in [5, 5.41) is 4.44. The minimum Gasteiger partial charge on any atom is -0.324 e. The molecular formula is C28H26Cl3N3O2. The Morgan fingerprint density at radius 3 is 2.47 bits per heavy atom. The Morgan fingerprint density at radius 1 is 1.03 bits per heavy atom. The van der Waals surface area contributed by atoms with Crippen molar-refractivity contribution < 1.29 is 9.59 Å². The van der Waals surface area contributed by atoms with Gasteiger partial charge in [-0.1, -0.05) is 79.3 Å². The van der Waals surface area contributed by atoms with E-state index in [0.717, 1.165) is 12.0 Å². The van der Waals surface area contributed by atoms with Gasteiger partial charge in [0, 0.05) is 31.9 Å². The maximum atomic E-state index is 13.9. The lowest BCUT2D eigenvalue weighted by molar-refractivity contribution is -0.123. The van der Waals surface area contributed by atoms with Gasteiger partial charge in [0.25, 0.3) is 5.91 Å². The monoisotopic (exact) mass is 541 g/mol. The number of nitrogens with one attached hydrogen (secondary N) is 1. The van der Waals surface area contributed by atoms with Gasteiger partial charge in [-0.25, -0.2) is 0 Å². The lowest BCUT2D eigenvalue weighted by atomic mass is 9.97. The number of nitrogens with zero attached hydrogens (tertiary/aromatic N) is 2. The first-order valence-corrected chi connectivity index (χ1v) is 12.8. The van der Waals surface area contributed by atoms with Crippen LogP contribution in [0.25, 0.3) is 0 Å². The van der Waals surface area contributed by atoms with E-state index in [1.807, 2.05) is 39.0 Å². The lowest BCUT2D eigenvalue weighted by Crippen LogP contribution is -2.44. The van der Waals surface area contributed by atoms with Crippen LogP contribution in [0.3, 0.4) is 0 Å². The van der Waals surface area contributed by atoms with Gasteiger partial charge in [0.15, 0.2) is 0 Å². The zero-order chi connectivity index (χ0) is 26.0. The highest BCUT2D eigenvalue weighted by Crippen LogP contribution is 2.34. The van der Waals surface area contributed by atoms with E-state index in [0.29, 0.717) is 43.3 Å². The fourth-order valence-electron chi connectivity index (χ4n) is 4.18. The van der Waals surface area contributed by atoms with Crippen LogP contribution < -0.4 is 10.2 Å². The standard InChI is InChI=1S/C28H26Cl3N3O2/c1-4-16(2)26-28(36)34(15-25(35)32-23-11-7-10-21(30)17(23)3)24-13-12-18(29)14-20(24)27(33-26)19-8-5-6-9-22(19)31/h5-14,16,26H,4,15H2,1-3H3,(H,32,35)/t16-,26+/m1/s1. The fraction of sp³-hybridized carbons (Fsp3) is 0.250. The summed E-state index contributed by atoms with van der Waals surface area (Å²) < 4.78 is 0. The maximum Gasteiger partial charge on any atom is 0.252 e. The number of aliphatic imine (C=N–C) groups is 1. The Hall–Kier alpha value is -2.86. The molecule has 2 atom stereocenters. The summed E-state index contributed by atoms with van der Waals surface area (Å²) in [6, 6.07) is 17.2. The summed E-state index contributed by atoms with van der Waals surface area (Å²) in [6.07, 6.45) is 0.731. The zero-order valence-corrected chi connectivity index (χ0v) is 22.5. The third kappa shape index (κ3) is 5.29. The molecule has 0 spiro atoms. The van der Waals surface area contributed by atoms with Gasteiger partial charge in [-0.15, -0.1) is 0 Å². The first-order valence-electron chi connectivity index (χ1n) is 11.7. The molecule has 0 radical (unpaired) electrons. The quantitative estimate of drug-likeness (QED) is 0.358. The van der Waals surface area contributed by atoms with Crippen LogP contribution in [0, 0.1) is 12.8 Å². The number of hydrogen-bond acceptors (Lipinski definition) is 3. The third-order valence-corrected chi connectivity index (χ3v) is 7.42. The molecule has 1 aliphatic rings. The van der Waals surface area contributed by atoms with Crippen LogP contribution in [0.2, 0.25) is 15.1 Å². The van der Waals surface area contributed by atoms with Gasteiger partial charge in [-0.05, 0) is 54.8 Å². The van der Waals surface area contributed by atoms with E-state index in [1.165, 1.54) is 4.90 Å². The van der Waals surface area contributed by atoms with Gasteiger partial charge in [0.05, 0.1) is 11.4 Å². The number of fused-ring (bicyclic) bond motifs is 1. The average molecular weight is 543 g/mol. The summed E-state index contributed by atoms with van der Waals surface area (Å²) in [6.45, 7) is 5.62. The summed E-state index contributed by atoms with van der Waals surface area (Å²) in [5.74, 6) is -0.674. The number of benzene rings is 3. The number of anilines is 2. The van der Waals surface area contributed by atoms with Crippen molar-refractivity contribution in [2.24, 2.45) is 10.9 Å². The van der Waals surface area contributed by atoms with E-state index in [1.54, 1.807) is 42.5 Å². The van der Waals surface area contributed by atoms with Gasteiger partial charge in [-0.2, -0.15) is 0 Å². The minimum atomic E-state index is -0.701. The molecule has 3 aromatic rings. The van der Waals surface area contributed by atoms with Gasteiger partial charge >= 0.3 is 0 Å². The van der Waals surface area contributed by atoms with Crippen LogP contribution in [-0.2, 0) is 9.59 Å². The molecule has 186 valence electrons. The number of hydrogen-bond donors (Lipinski definition) is 1. The van der Waals surface area contributed by atoms with E-state index in [2.05, 4.69) is 5.32 Å². The van der Waals surface area contributed by atoms with Crippen molar-refractivity contribution >= 4 is 63.7 Å². The molecule has 5 nitrogen and oxygen atoms in total. The van der Waals surface area contributed by atoms with E-state index < -0.39 is 6.04 Å². The van der Waals surface area contributed by atoms with Crippen LogP contribution in [0.1, 0.15) is 37.0 Å². The second kappa shape index (κ2) is 11.0. The number of carbonyl (C=O) groups excluding carboxylic acids is 2. The highest BCUT2D eigenvalue weighted by atomic mass is 35.5. The first kappa shape index (κ1) is 26.2. The van der Waals surface area contributed by atoms with Crippen molar-refractivity contribution in [3.63, 3.8) is 0 Å². The second-order valence-corrected chi connectivity index (χ2v) is 10.1. The van der Waals surface area contributed by atoms with Crippen molar-refractivity contribution in [2.75, 3.05) is 16.8 Å². The van der Waals surface area contributed by atoms with Gasteiger partial charge in [-0.3, -0.25) is 14.6 Å². The molecular weight excluding hydrogens is 517 g/mol. The molecule has 1 heterocycles. The molecule has 0 aliphatic carbocycles. The molecule has 0 fully saturated rings. The smallest absolute Gasteiger partial charge is 0.252 e. The number of halogens is 3. The molecule has 0 bridgehead atoms. The molecule has 1 aliphatic heterocycles.